The predicted molar refractivity (Wildman–Crippen MR) is 78.8 cm³/mol. The topological polar surface area (TPSA) is 57.8 Å². The molecule has 0 atom stereocenters. The molecule has 98 valence electrons. The highest BCUT2D eigenvalue weighted by Gasteiger charge is 2.06. The molecule has 0 aliphatic heterocycles. The van der Waals surface area contributed by atoms with E-state index in [1.807, 2.05) is 49.4 Å². The number of aromatic nitrogens is 1. The second-order valence-corrected chi connectivity index (χ2v) is 4.50. The molecule has 20 heavy (non-hydrogen) atoms. The summed E-state index contributed by atoms with van der Waals surface area (Å²) in [7, 11) is 0. The average molecular weight is 263 g/mol. The van der Waals surface area contributed by atoms with E-state index >= 15 is 0 Å². The lowest BCUT2D eigenvalue weighted by Crippen LogP contribution is -1.78. The van der Waals surface area contributed by atoms with Crippen LogP contribution in [0.2, 0.25) is 0 Å². The molecular weight excluding hydrogens is 250 g/mol. The third-order valence-corrected chi connectivity index (χ3v) is 3.11. The minimum atomic E-state index is 0.112. The van der Waals surface area contributed by atoms with Crippen LogP contribution >= 0.6 is 0 Å². The van der Waals surface area contributed by atoms with E-state index < -0.39 is 0 Å². The summed E-state index contributed by atoms with van der Waals surface area (Å²) in [5.41, 5.74) is 1.41. The molecule has 1 aromatic heterocycles. The molecule has 0 saturated heterocycles. The summed E-state index contributed by atoms with van der Waals surface area (Å²) in [6.07, 6.45) is 1.67. The van der Waals surface area contributed by atoms with Gasteiger partial charge >= 0.3 is 0 Å². The zero-order valence-electron chi connectivity index (χ0n) is 11.0. The van der Waals surface area contributed by atoms with E-state index in [-0.39, 0.29) is 5.75 Å². The van der Waals surface area contributed by atoms with Crippen LogP contribution in [0.5, 0.6) is 5.75 Å². The molecule has 0 spiro atoms. The molecular formula is C16H13N3O. The van der Waals surface area contributed by atoms with Crippen molar-refractivity contribution in [3.8, 4) is 5.75 Å². The van der Waals surface area contributed by atoms with Gasteiger partial charge in [0.05, 0.1) is 0 Å². The monoisotopic (exact) mass is 263 g/mol. The van der Waals surface area contributed by atoms with Gasteiger partial charge in [0.1, 0.15) is 11.4 Å². The molecule has 0 aliphatic carbocycles. The fraction of sp³-hybridized carbons (Fsp3) is 0.0625. The summed E-state index contributed by atoms with van der Waals surface area (Å²) in [4.78, 5) is 4.16. The van der Waals surface area contributed by atoms with Crippen LogP contribution < -0.4 is 0 Å². The number of azo groups is 1. The Morgan fingerprint density at radius 1 is 0.950 bits per heavy atom. The van der Waals surface area contributed by atoms with E-state index in [0.29, 0.717) is 11.5 Å². The van der Waals surface area contributed by atoms with Crippen molar-refractivity contribution in [3.05, 3.63) is 60.3 Å². The summed E-state index contributed by atoms with van der Waals surface area (Å²) < 4.78 is 0. The smallest absolute Gasteiger partial charge is 0.177 e. The van der Waals surface area contributed by atoms with Crippen molar-refractivity contribution in [1.29, 1.82) is 0 Å². The second-order valence-electron chi connectivity index (χ2n) is 4.50. The van der Waals surface area contributed by atoms with Gasteiger partial charge in [0.15, 0.2) is 5.82 Å². The van der Waals surface area contributed by atoms with Crippen LogP contribution in [0.1, 0.15) is 5.56 Å². The van der Waals surface area contributed by atoms with Crippen LogP contribution in [0.25, 0.3) is 10.8 Å². The molecule has 0 fully saturated rings. The number of aromatic hydroxyl groups is 1. The van der Waals surface area contributed by atoms with E-state index in [9.17, 15) is 5.11 Å². The molecule has 0 saturated carbocycles. The molecule has 3 rings (SSSR count). The van der Waals surface area contributed by atoms with Crippen molar-refractivity contribution in [2.75, 3.05) is 0 Å². The third-order valence-electron chi connectivity index (χ3n) is 3.11. The Bertz CT molecular complexity index is 797. The number of fused-ring (bicyclic) bond motifs is 1. The number of hydrogen-bond donors (Lipinski definition) is 1. The number of benzene rings is 2. The number of rotatable bonds is 2. The van der Waals surface area contributed by atoms with Crippen LogP contribution in [0.3, 0.4) is 0 Å². The minimum Gasteiger partial charge on any atom is -0.506 e. The highest BCUT2D eigenvalue weighted by Crippen LogP contribution is 2.35. The molecule has 1 heterocycles. The van der Waals surface area contributed by atoms with Crippen molar-refractivity contribution in [2.45, 2.75) is 6.92 Å². The summed E-state index contributed by atoms with van der Waals surface area (Å²) in [6.45, 7) is 1.92. The maximum Gasteiger partial charge on any atom is 0.177 e. The highest BCUT2D eigenvalue weighted by atomic mass is 16.3. The molecule has 4 nitrogen and oxygen atoms in total. The van der Waals surface area contributed by atoms with Gasteiger partial charge in [-0.05, 0) is 30.0 Å². The van der Waals surface area contributed by atoms with Gasteiger partial charge in [-0.2, -0.15) is 0 Å². The van der Waals surface area contributed by atoms with Crippen LogP contribution in [-0.2, 0) is 0 Å². The number of hydrogen-bond acceptors (Lipinski definition) is 4. The highest BCUT2D eigenvalue weighted by molar-refractivity contribution is 5.95. The Kier molecular flexibility index (Phi) is 3.13. The molecule has 1 N–H and O–H groups in total. The lowest BCUT2D eigenvalue weighted by atomic mass is 10.1. The fourth-order valence-corrected chi connectivity index (χ4v) is 2.03. The summed E-state index contributed by atoms with van der Waals surface area (Å²) in [5.74, 6) is 0.667. The van der Waals surface area contributed by atoms with Gasteiger partial charge < -0.3 is 5.11 Å². The van der Waals surface area contributed by atoms with Crippen LogP contribution in [0.4, 0.5) is 11.5 Å². The Labute approximate surface area is 116 Å². The molecule has 4 heteroatoms. The Hall–Kier alpha value is -2.75. The largest absolute Gasteiger partial charge is 0.506 e. The number of aryl methyl sites for hydroxylation is 1. The predicted octanol–water partition coefficient (Wildman–Crippen LogP) is 4.66. The second kappa shape index (κ2) is 5.09. The van der Waals surface area contributed by atoms with Crippen molar-refractivity contribution in [2.24, 2.45) is 10.2 Å². The van der Waals surface area contributed by atoms with Gasteiger partial charge in [0.25, 0.3) is 0 Å². The first-order chi connectivity index (χ1) is 9.75. The van der Waals surface area contributed by atoms with E-state index in [4.69, 9.17) is 0 Å². The van der Waals surface area contributed by atoms with Gasteiger partial charge in [-0.15, -0.1) is 10.2 Å². The quantitative estimate of drug-likeness (QED) is 0.683. The summed E-state index contributed by atoms with van der Waals surface area (Å²) in [5, 5.41) is 20.2. The Morgan fingerprint density at radius 2 is 1.80 bits per heavy atom. The fourth-order valence-electron chi connectivity index (χ4n) is 2.03. The van der Waals surface area contributed by atoms with Crippen molar-refractivity contribution < 1.29 is 5.11 Å². The Morgan fingerprint density at radius 3 is 2.65 bits per heavy atom. The summed E-state index contributed by atoms with van der Waals surface area (Å²) >= 11 is 0. The first-order valence-corrected chi connectivity index (χ1v) is 6.30. The first-order valence-electron chi connectivity index (χ1n) is 6.30. The minimum absolute atomic E-state index is 0.112. The SMILES string of the molecule is Cc1cccnc1N=Nc1c(O)ccc2ccccc12. The average Bonchev–Trinajstić information content (AvgIpc) is 2.48. The van der Waals surface area contributed by atoms with E-state index in [2.05, 4.69) is 15.2 Å². The number of phenolic OH excluding ortho intramolecular Hbond substituents is 1. The zero-order valence-corrected chi connectivity index (χ0v) is 11.0. The molecule has 0 amide bonds. The molecule has 0 bridgehead atoms. The van der Waals surface area contributed by atoms with Gasteiger partial charge in [-0.25, -0.2) is 4.98 Å². The lowest BCUT2D eigenvalue weighted by molar-refractivity contribution is 0.477. The van der Waals surface area contributed by atoms with E-state index in [0.717, 1.165) is 16.3 Å². The molecule has 0 aliphatic rings. The zero-order chi connectivity index (χ0) is 13.9. The Balaban J connectivity index is 2.11. The van der Waals surface area contributed by atoms with Crippen molar-refractivity contribution >= 4 is 22.3 Å². The van der Waals surface area contributed by atoms with Crippen LogP contribution in [-0.4, -0.2) is 10.1 Å². The maximum atomic E-state index is 9.98. The number of phenols is 1. The number of pyridine rings is 1. The normalized spacial score (nSPS) is 11.2. The van der Waals surface area contributed by atoms with E-state index in [1.54, 1.807) is 12.3 Å². The molecule has 0 radical (unpaired) electrons. The molecule has 2 aromatic carbocycles. The molecule has 0 unspecified atom stereocenters. The van der Waals surface area contributed by atoms with Gasteiger partial charge in [-0.3, -0.25) is 0 Å². The third kappa shape index (κ3) is 2.23. The van der Waals surface area contributed by atoms with Gasteiger partial charge in [0, 0.05) is 11.6 Å². The molecule has 3 aromatic rings. The van der Waals surface area contributed by atoms with Gasteiger partial charge in [0.2, 0.25) is 0 Å². The lowest BCUT2D eigenvalue weighted by Gasteiger charge is -2.03. The first kappa shape index (κ1) is 12.3. The standard InChI is InChI=1S/C16H13N3O/c1-11-5-4-10-17-16(11)19-18-15-13-7-3-2-6-12(13)8-9-14(15)20/h2-10,20H,1H3. The number of nitrogens with zero attached hydrogens (tertiary/aromatic N) is 3. The maximum absolute atomic E-state index is 9.98. The van der Waals surface area contributed by atoms with Crippen molar-refractivity contribution in [1.82, 2.24) is 4.98 Å². The van der Waals surface area contributed by atoms with Crippen LogP contribution in [0, 0.1) is 6.92 Å². The summed E-state index contributed by atoms with van der Waals surface area (Å²) in [6, 6.07) is 15.0. The van der Waals surface area contributed by atoms with Crippen molar-refractivity contribution in [3.63, 3.8) is 0 Å². The van der Waals surface area contributed by atoms with Crippen LogP contribution in [0.15, 0.2) is 65.0 Å². The van der Waals surface area contributed by atoms with Gasteiger partial charge in [-0.1, -0.05) is 36.4 Å². The van der Waals surface area contributed by atoms with E-state index in [1.165, 1.54) is 0 Å².